The molecule has 4 rings (SSSR count). The molecule has 2 aromatic carbocycles. The van der Waals surface area contributed by atoms with E-state index in [9.17, 15) is 12.8 Å². The fraction of sp³-hybridized carbons (Fsp3) is 0.250. The molecule has 0 amide bonds. The molecule has 1 N–H and O–H groups in total. The monoisotopic (exact) mass is 411 g/mol. The van der Waals surface area contributed by atoms with Gasteiger partial charge >= 0.3 is 0 Å². The fourth-order valence-electron chi connectivity index (χ4n) is 3.39. The quantitative estimate of drug-likeness (QED) is 0.708. The second kappa shape index (κ2) is 7.64. The maximum atomic E-state index is 14.6. The van der Waals surface area contributed by atoms with Gasteiger partial charge in [0.25, 0.3) is 10.0 Å². The van der Waals surface area contributed by atoms with Crippen LogP contribution in [-0.2, 0) is 23.0 Å². The minimum atomic E-state index is -3.93. The largest absolute Gasteiger partial charge is 0.311 e. The van der Waals surface area contributed by atoms with Crippen molar-refractivity contribution in [1.82, 2.24) is 14.8 Å². The summed E-state index contributed by atoms with van der Waals surface area (Å²) in [4.78, 5) is -0.0428. The second-order valence-electron chi connectivity index (χ2n) is 6.84. The molecular weight excluding hydrogens is 393 g/mol. The van der Waals surface area contributed by atoms with Gasteiger partial charge in [-0.3, -0.25) is 4.72 Å². The third-order valence-electron chi connectivity index (χ3n) is 4.84. The molecule has 148 valence electrons. The minimum absolute atomic E-state index is 0.0428. The highest BCUT2D eigenvalue weighted by atomic mass is 32.2. The van der Waals surface area contributed by atoms with E-state index in [1.807, 2.05) is 10.6 Å². The van der Waals surface area contributed by atoms with Crippen LogP contribution in [0.5, 0.6) is 0 Å². The van der Waals surface area contributed by atoms with Crippen LogP contribution in [0.15, 0.2) is 47.4 Å². The van der Waals surface area contributed by atoms with E-state index in [0.29, 0.717) is 12.4 Å². The predicted molar refractivity (Wildman–Crippen MR) is 105 cm³/mol. The highest BCUT2D eigenvalue weighted by molar-refractivity contribution is 7.92. The lowest BCUT2D eigenvalue weighted by molar-refractivity contribution is 0.601. The molecule has 1 aliphatic heterocycles. The lowest BCUT2D eigenvalue weighted by Crippen LogP contribution is -2.13. The number of rotatable bonds is 4. The fourth-order valence-corrected chi connectivity index (χ4v) is 4.49. The van der Waals surface area contributed by atoms with E-state index in [-0.39, 0.29) is 21.7 Å². The van der Waals surface area contributed by atoms with E-state index in [0.717, 1.165) is 31.5 Å². The van der Waals surface area contributed by atoms with Gasteiger partial charge in [0.1, 0.15) is 11.6 Å². The summed E-state index contributed by atoms with van der Waals surface area (Å²) in [7, 11) is -3.93. The Balaban J connectivity index is 1.69. The van der Waals surface area contributed by atoms with E-state index >= 15 is 0 Å². The highest BCUT2D eigenvalue weighted by Crippen LogP contribution is 2.28. The Kier molecular flexibility index (Phi) is 5.03. The first-order chi connectivity index (χ1) is 14.0. The average molecular weight is 411 g/mol. The van der Waals surface area contributed by atoms with E-state index in [4.69, 9.17) is 5.26 Å². The molecule has 0 spiro atoms. The SMILES string of the molecule is N#Cc1cccc(S(=O)(=O)Nc2ccc(F)c(-c3nnc4n3CCCCC4)c2)c1. The zero-order chi connectivity index (χ0) is 20.4. The van der Waals surface area contributed by atoms with Crippen molar-refractivity contribution in [3.05, 3.63) is 59.7 Å². The van der Waals surface area contributed by atoms with Gasteiger partial charge in [0.2, 0.25) is 0 Å². The Hall–Kier alpha value is -3.25. The number of hydrogen-bond donors (Lipinski definition) is 1. The molecule has 3 aromatic rings. The molecule has 1 aromatic heterocycles. The van der Waals surface area contributed by atoms with Crippen LogP contribution in [-0.4, -0.2) is 23.2 Å². The third kappa shape index (κ3) is 3.84. The molecule has 0 unspecified atom stereocenters. The minimum Gasteiger partial charge on any atom is -0.311 e. The number of aromatic nitrogens is 3. The van der Waals surface area contributed by atoms with Crippen LogP contribution in [0.1, 0.15) is 30.7 Å². The number of hydrogen-bond acceptors (Lipinski definition) is 5. The molecule has 0 saturated heterocycles. The van der Waals surface area contributed by atoms with Gasteiger partial charge < -0.3 is 4.57 Å². The zero-order valence-corrected chi connectivity index (χ0v) is 16.3. The molecule has 0 radical (unpaired) electrons. The summed E-state index contributed by atoms with van der Waals surface area (Å²) in [5, 5.41) is 17.3. The summed E-state index contributed by atoms with van der Waals surface area (Å²) in [6.07, 6.45) is 3.84. The standard InChI is InChI=1S/C20H18FN5O2S/c21-18-9-8-15(25-29(27,28)16-6-4-5-14(11-16)13-22)12-17(18)20-24-23-19-7-2-1-3-10-26(19)20/h4-6,8-9,11-12,25H,1-3,7,10H2. The van der Waals surface area contributed by atoms with E-state index in [1.165, 1.54) is 42.5 Å². The maximum absolute atomic E-state index is 14.6. The van der Waals surface area contributed by atoms with Crippen LogP contribution in [0.4, 0.5) is 10.1 Å². The van der Waals surface area contributed by atoms with Crippen LogP contribution >= 0.6 is 0 Å². The summed E-state index contributed by atoms with van der Waals surface area (Å²) >= 11 is 0. The average Bonchev–Trinajstić information content (AvgIpc) is 2.97. The van der Waals surface area contributed by atoms with Gasteiger partial charge in [0.05, 0.1) is 22.1 Å². The van der Waals surface area contributed by atoms with E-state index in [1.54, 1.807) is 0 Å². The van der Waals surface area contributed by atoms with Crippen LogP contribution in [0.25, 0.3) is 11.4 Å². The van der Waals surface area contributed by atoms with E-state index in [2.05, 4.69) is 14.9 Å². The highest BCUT2D eigenvalue weighted by Gasteiger charge is 2.20. The molecule has 0 fully saturated rings. The van der Waals surface area contributed by atoms with Gasteiger partial charge in [-0.2, -0.15) is 5.26 Å². The Labute approximate surface area is 167 Å². The number of aryl methyl sites for hydroxylation is 1. The summed E-state index contributed by atoms with van der Waals surface area (Å²) in [6.45, 7) is 0.702. The Morgan fingerprint density at radius 2 is 1.97 bits per heavy atom. The van der Waals surface area contributed by atoms with Gasteiger partial charge in [0, 0.05) is 18.7 Å². The van der Waals surface area contributed by atoms with Crippen molar-refractivity contribution in [2.24, 2.45) is 0 Å². The number of benzene rings is 2. The number of fused-ring (bicyclic) bond motifs is 1. The molecule has 0 aliphatic carbocycles. The molecule has 1 aliphatic rings. The Bertz CT molecular complexity index is 1210. The van der Waals surface area contributed by atoms with Gasteiger partial charge in [-0.15, -0.1) is 10.2 Å². The third-order valence-corrected chi connectivity index (χ3v) is 6.22. The first kappa shape index (κ1) is 19.1. The predicted octanol–water partition coefficient (Wildman–Crippen LogP) is 3.48. The first-order valence-corrected chi connectivity index (χ1v) is 10.7. The molecular formula is C20H18FN5O2S. The van der Waals surface area contributed by atoms with Crippen molar-refractivity contribution >= 4 is 15.7 Å². The zero-order valence-electron chi connectivity index (χ0n) is 15.5. The lowest BCUT2D eigenvalue weighted by atomic mass is 10.1. The van der Waals surface area contributed by atoms with E-state index < -0.39 is 15.8 Å². The molecule has 9 heteroatoms. The van der Waals surface area contributed by atoms with Crippen molar-refractivity contribution in [3.63, 3.8) is 0 Å². The molecule has 29 heavy (non-hydrogen) atoms. The van der Waals surface area contributed by atoms with Crippen molar-refractivity contribution in [2.75, 3.05) is 4.72 Å². The number of nitrogens with one attached hydrogen (secondary N) is 1. The smallest absolute Gasteiger partial charge is 0.261 e. The van der Waals surface area contributed by atoms with Crippen molar-refractivity contribution < 1.29 is 12.8 Å². The summed E-state index contributed by atoms with van der Waals surface area (Å²) in [6, 6.07) is 11.6. The lowest BCUT2D eigenvalue weighted by Gasteiger charge is -2.12. The van der Waals surface area contributed by atoms with Crippen LogP contribution < -0.4 is 4.72 Å². The van der Waals surface area contributed by atoms with Crippen LogP contribution in [0.2, 0.25) is 0 Å². The van der Waals surface area contributed by atoms with Gasteiger partial charge in [-0.1, -0.05) is 12.5 Å². The van der Waals surface area contributed by atoms with Crippen LogP contribution in [0.3, 0.4) is 0 Å². The topological polar surface area (TPSA) is 101 Å². The maximum Gasteiger partial charge on any atom is 0.261 e. The molecule has 7 nitrogen and oxygen atoms in total. The number of halogens is 1. The van der Waals surface area contributed by atoms with Gasteiger partial charge in [-0.05, 0) is 49.2 Å². The Morgan fingerprint density at radius 3 is 2.79 bits per heavy atom. The molecule has 2 heterocycles. The number of nitrogens with zero attached hydrogens (tertiary/aromatic N) is 4. The molecule has 0 atom stereocenters. The number of sulfonamides is 1. The van der Waals surface area contributed by atoms with Crippen molar-refractivity contribution in [1.29, 1.82) is 5.26 Å². The number of anilines is 1. The van der Waals surface area contributed by atoms with Gasteiger partial charge in [0.15, 0.2) is 5.82 Å². The van der Waals surface area contributed by atoms with Crippen LogP contribution in [0, 0.1) is 17.1 Å². The molecule has 0 saturated carbocycles. The normalized spacial score (nSPS) is 13.9. The first-order valence-electron chi connectivity index (χ1n) is 9.23. The Morgan fingerprint density at radius 1 is 1.10 bits per heavy atom. The van der Waals surface area contributed by atoms with Gasteiger partial charge in [-0.25, -0.2) is 12.8 Å². The van der Waals surface area contributed by atoms with Crippen molar-refractivity contribution in [3.8, 4) is 17.5 Å². The number of nitriles is 1. The second-order valence-corrected chi connectivity index (χ2v) is 8.52. The summed E-state index contributed by atoms with van der Waals surface area (Å²) < 4.78 is 44.3. The summed E-state index contributed by atoms with van der Waals surface area (Å²) in [5.74, 6) is 0.710. The molecule has 0 bridgehead atoms. The summed E-state index contributed by atoms with van der Waals surface area (Å²) in [5.41, 5.74) is 0.630. The van der Waals surface area contributed by atoms with Crippen molar-refractivity contribution in [2.45, 2.75) is 37.1 Å².